The van der Waals surface area contributed by atoms with Crippen LogP contribution in [0.15, 0.2) is 54.6 Å². The van der Waals surface area contributed by atoms with Gasteiger partial charge < -0.3 is 4.90 Å². The molecule has 0 unspecified atom stereocenters. The van der Waals surface area contributed by atoms with E-state index in [1.54, 1.807) is 30.3 Å². The van der Waals surface area contributed by atoms with Crippen LogP contribution in [-0.4, -0.2) is 0 Å². The van der Waals surface area contributed by atoms with Gasteiger partial charge in [0.1, 0.15) is 0 Å². The zero-order chi connectivity index (χ0) is 29.3. The Bertz CT molecular complexity index is 1870. The van der Waals surface area contributed by atoms with Gasteiger partial charge in [-0.15, -0.1) is 0 Å². The van der Waals surface area contributed by atoms with Crippen molar-refractivity contribution >= 4 is 38.0 Å². The quantitative estimate of drug-likeness (QED) is 0.0855. The molecular weight excluding hydrogens is 564 g/mol. The first kappa shape index (κ1) is 26.7. The summed E-state index contributed by atoms with van der Waals surface area (Å²) in [6.45, 7) is -2.37. The Balaban J connectivity index is 1.63. The molecule has 0 radical (unpaired) electrons. The van der Waals surface area contributed by atoms with Crippen LogP contribution >= 0.6 is 0 Å². The average Bonchev–Trinajstić information content (AvgIpc) is 2.99. The highest BCUT2D eigenvalue weighted by atomic mass is 19.2. The fourth-order valence-electron chi connectivity index (χ4n) is 5.18. The van der Waals surface area contributed by atoms with Gasteiger partial charge in [-0.3, -0.25) is 0 Å². The summed E-state index contributed by atoms with van der Waals surface area (Å²) in [6.07, 6.45) is 0. The third-order valence-electron chi connectivity index (χ3n) is 7.15. The van der Waals surface area contributed by atoms with E-state index in [2.05, 4.69) is 0 Å². The molecule has 41 heavy (non-hydrogen) atoms. The van der Waals surface area contributed by atoms with Crippen LogP contribution in [0.25, 0.3) is 32.3 Å². The summed E-state index contributed by atoms with van der Waals surface area (Å²) in [7, 11) is 0. The van der Waals surface area contributed by atoms with Crippen molar-refractivity contribution in [2.24, 2.45) is 0 Å². The molecule has 0 spiro atoms. The van der Waals surface area contributed by atoms with Crippen LogP contribution in [0.1, 0.15) is 11.1 Å². The van der Waals surface area contributed by atoms with Gasteiger partial charge in [0.15, 0.2) is 46.5 Å². The van der Waals surface area contributed by atoms with E-state index in [9.17, 15) is 43.9 Å². The number of hydrogen-bond donors (Lipinski definition) is 0. The summed E-state index contributed by atoms with van der Waals surface area (Å²) in [5.41, 5.74) is -2.75. The second kappa shape index (κ2) is 9.53. The molecule has 0 fully saturated rings. The van der Waals surface area contributed by atoms with Gasteiger partial charge in [-0.2, -0.15) is 0 Å². The summed E-state index contributed by atoms with van der Waals surface area (Å²) in [5, 5.41) is 3.95. The van der Waals surface area contributed by atoms with Gasteiger partial charge in [-0.25, -0.2) is 43.9 Å². The predicted molar refractivity (Wildman–Crippen MR) is 132 cm³/mol. The minimum absolute atomic E-state index is 0.0244. The van der Waals surface area contributed by atoms with Crippen molar-refractivity contribution in [2.75, 3.05) is 4.90 Å². The van der Waals surface area contributed by atoms with E-state index >= 15 is 0 Å². The lowest BCUT2D eigenvalue weighted by molar-refractivity contribution is 0.365. The van der Waals surface area contributed by atoms with Crippen LogP contribution in [0.5, 0.6) is 0 Å². The van der Waals surface area contributed by atoms with Gasteiger partial charge in [-0.05, 0) is 33.0 Å². The summed E-state index contributed by atoms with van der Waals surface area (Å²) in [5.74, 6) is -22.7. The Morgan fingerprint density at radius 3 is 1.22 bits per heavy atom. The fourth-order valence-corrected chi connectivity index (χ4v) is 5.18. The molecule has 0 aliphatic carbocycles. The predicted octanol–water partition coefficient (Wildman–Crippen LogP) is 9.18. The minimum atomic E-state index is -2.42. The lowest BCUT2D eigenvalue weighted by Crippen LogP contribution is -2.27. The average molecular weight is 577 g/mol. The number of rotatable bonds is 5. The SMILES string of the molecule is Fc1c(F)c(F)c(CN(Cc2c(F)c(F)c(F)c(F)c2F)c2ccc3ccc4cccc5ccc2c3c45)c(F)c1F. The number of hydrogen-bond acceptors (Lipinski definition) is 1. The molecule has 0 saturated heterocycles. The number of anilines is 1. The summed E-state index contributed by atoms with van der Waals surface area (Å²) >= 11 is 0. The third kappa shape index (κ3) is 3.93. The maximum absolute atomic E-state index is 14.7. The smallest absolute Gasteiger partial charge is 0.200 e. The van der Waals surface area contributed by atoms with Crippen molar-refractivity contribution in [1.82, 2.24) is 0 Å². The molecule has 6 aromatic rings. The second-order valence-electron chi connectivity index (χ2n) is 9.39. The standard InChI is InChI=1S/C30H13F10N/c31-21-16(22(32)26(36)29(39)25(21)35)10-41(11-17-23(33)27(37)30(40)28(38)24(17)34)18-9-7-14-5-4-12-2-1-3-13-6-8-15(18)20(14)19(12)13/h1-9H,10-11H2. The van der Waals surface area contributed by atoms with E-state index in [0.29, 0.717) is 16.2 Å². The van der Waals surface area contributed by atoms with Crippen LogP contribution in [0.2, 0.25) is 0 Å². The normalized spacial score (nSPS) is 11.9. The molecule has 0 amide bonds. The molecular formula is C30H13F10N. The Labute approximate surface area is 224 Å². The van der Waals surface area contributed by atoms with Crippen LogP contribution in [0.4, 0.5) is 49.6 Å². The van der Waals surface area contributed by atoms with Crippen molar-refractivity contribution in [2.45, 2.75) is 13.1 Å². The zero-order valence-electron chi connectivity index (χ0n) is 20.3. The van der Waals surface area contributed by atoms with E-state index < -0.39 is 82.4 Å². The Hall–Kier alpha value is -4.54. The molecule has 0 atom stereocenters. The Morgan fingerprint density at radius 2 is 0.756 bits per heavy atom. The van der Waals surface area contributed by atoms with Crippen LogP contribution in [0.3, 0.4) is 0 Å². The van der Waals surface area contributed by atoms with E-state index in [-0.39, 0.29) is 5.69 Å². The number of halogens is 10. The lowest BCUT2D eigenvalue weighted by atomic mass is 9.93. The Morgan fingerprint density at radius 1 is 0.390 bits per heavy atom. The van der Waals surface area contributed by atoms with Crippen molar-refractivity contribution in [1.29, 1.82) is 0 Å². The molecule has 0 bridgehead atoms. The molecule has 0 aliphatic rings. The van der Waals surface area contributed by atoms with Gasteiger partial charge in [0.2, 0.25) is 11.6 Å². The highest BCUT2D eigenvalue weighted by molar-refractivity contribution is 6.25. The van der Waals surface area contributed by atoms with E-state index in [1.165, 1.54) is 6.07 Å². The summed E-state index contributed by atoms with van der Waals surface area (Å²) in [6, 6.07) is 15.2. The molecule has 0 saturated carbocycles. The van der Waals surface area contributed by atoms with Crippen LogP contribution in [-0.2, 0) is 13.1 Å². The molecule has 1 nitrogen and oxygen atoms in total. The van der Waals surface area contributed by atoms with E-state index in [1.807, 2.05) is 18.2 Å². The molecule has 11 heteroatoms. The molecule has 208 valence electrons. The first-order chi connectivity index (χ1) is 19.5. The van der Waals surface area contributed by atoms with Crippen molar-refractivity contribution in [3.05, 3.63) is 124 Å². The minimum Gasteiger partial charge on any atom is -0.362 e. The topological polar surface area (TPSA) is 3.24 Å². The van der Waals surface area contributed by atoms with Crippen molar-refractivity contribution < 1.29 is 43.9 Å². The van der Waals surface area contributed by atoms with Gasteiger partial charge in [-0.1, -0.05) is 48.5 Å². The third-order valence-corrected chi connectivity index (χ3v) is 7.15. The molecule has 0 aliphatic heterocycles. The van der Waals surface area contributed by atoms with Gasteiger partial charge in [0, 0.05) is 35.3 Å². The highest BCUT2D eigenvalue weighted by Gasteiger charge is 2.31. The Kier molecular flexibility index (Phi) is 6.20. The fraction of sp³-hybridized carbons (Fsp3) is 0.0667. The first-order valence-corrected chi connectivity index (χ1v) is 11.9. The van der Waals surface area contributed by atoms with Gasteiger partial charge >= 0.3 is 0 Å². The monoisotopic (exact) mass is 577 g/mol. The molecule has 0 aromatic heterocycles. The van der Waals surface area contributed by atoms with Crippen LogP contribution < -0.4 is 4.90 Å². The number of nitrogens with zero attached hydrogens (tertiary/aromatic N) is 1. The largest absolute Gasteiger partial charge is 0.362 e. The second-order valence-corrected chi connectivity index (χ2v) is 9.39. The lowest BCUT2D eigenvalue weighted by Gasteiger charge is -2.28. The van der Waals surface area contributed by atoms with Crippen LogP contribution in [0, 0.1) is 58.2 Å². The maximum Gasteiger partial charge on any atom is 0.200 e. The summed E-state index contributed by atoms with van der Waals surface area (Å²) < 4.78 is 143. The number of benzene rings is 6. The van der Waals surface area contributed by atoms with Crippen molar-refractivity contribution in [3.63, 3.8) is 0 Å². The summed E-state index contributed by atoms with van der Waals surface area (Å²) in [4.78, 5) is 0.794. The van der Waals surface area contributed by atoms with Gasteiger partial charge in [0.05, 0.1) is 0 Å². The van der Waals surface area contributed by atoms with E-state index in [4.69, 9.17) is 0 Å². The molecule has 6 rings (SSSR count). The van der Waals surface area contributed by atoms with E-state index in [0.717, 1.165) is 21.1 Å². The maximum atomic E-state index is 14.7. The first-order valence-electron chi connectivity index (χ1n) is 11.9. The van der Waals surface area contributed by atoms with Crippen molar-refractivity contribution in [3.8, 4) is 0 Å². The molecule has 0 N–H and O–H groups in total. The molecule has 0 heterocycles. The van der Waals surface area contributed by atoms with Gasteiger partial charge in [0.25, 0.3) is 0 Å². The highest BCUT2D eigenvalue weighted by Crippen LogP contribution is 2.40. The molecule has 6 aromatic carbocycles. The zero-order valence-corrected chi connectivity index (χ0v) is 20.3.